The van der Waals surface area contributed by atoms with Gasteiger partial charge in [0.05, 0.1) is 18.7 Å². The molecule has 0 bridgehead atoms. The number of methoxy groups -OCH3 is 2. The van der Waals surface area contributed by atoms with Crippen LogP contribution in [0.4, 0.5) is 5.82 Å². The van der Waals surface area contributed by atoms with Gasteiger partial charge in [-0.1, -0.05) is 0 Å². The van der Waals surface area contributed by atoms with Crippen molar-refractivity contribution in [2.45, 2.75) is 10.6 Å². The van der Waals surface area contributed by atoms with Crippen LogP contribution in [0.1, 0.15) is 5.56 Å². The van der Waals surface area contributed by atoms with E-state index in [1.165, 1.54) is 0 Å². The van der Waals surface area contributed by atoms with E-state index in [0.29, 0.717) is 5.82 Å². The minimum atomic E-state index is 0.525. The van der Waals surface area contributed by atoms with Crippen molar-refractivity contribution in [3.8, 4) is 11.5 Å². The van der Waals surface area contributed by atoms with Crippen LogP contribution in [0.2, 0.25) is 0 Å². The number of nitrogen functional groups attached to an aromatic ring is 1. The first-order chi connectivity index (χ1) is 9.63. The number of rotatable bonds is 5. The Hall–Kier alpha value is -1.40. The first kappa shape index (κ1) is 15.0. The molecule has 0 aliphatic heterocycles. The van der Waals surface area contributed by atoms with E-state index >= 15 is 0 Å². The summed E-state index contributed by atoms with van der Waals surface area (Å²) >= 11 is 5.12. The molecule has 0 aliphatic carbocycles. The quantitative estimate of drug-likeness (QED) is 0.828. The summed E-state index contributed by atoms with van der Waals surface area (Å²) < 4.78 is 11.6. The molecule has 0 aliphatic rings. The molecule has 2 rings (SSSR count). The second-order valence-electron chi connectivity index (χ2n) is 4.01. The molecule has 0 spiro atoms. The van der Waals surface area contributed by atoms with Gasteiger partial charge in [0.1, 0.15) is 17.3 Å². The third-order valence-corrected chi connectivity index (χ3v) is 4.36. The van der Waals surface area contributed by atoms with Gasteiger partial charge in [-0.3, -0.25) is 0 Å². The number of anilines is 1. The normalized spacial score (nSPS) is 10.3. The Morgan fingerprint density at radius 3 is 2.55 bits per heavy atom. The van der Waals surface area contributed by atoms with E-state index in [1.807, 2.05) is 18.2 Å². The molecular formula is C14H15BrN2O2S. The fourth-order valence-corrected chi connectivity index (χ4v) is 3.00. The van der Waals surface area contributed by atoms with Crippen molar-refractivity contribution in [1.29, 1.82) is 0 Å². The summed E-state index contributed by atoms with van der Waals surface area (Å²) in [7, 11) is 3.31. The van der Waals surface area contributed by atoms with Crippen LogP contribution in [-0.4, -0.2) is 19.2 Å². The number of benzene rings is 1. The molecule has 1 heterocycles. The number of nitrogens with two attached hydrogens (primary N) is 1. The van der Waals surface area contributed by atoms with Crippen LogP contribution in [0.3, 0.4) is 0 Å². The number of hydrogen-bond acceptors (Lipinski definition) is 5. The molecule has 106 valence electrons. The number of halogens is 1. The zero-order valence-corrected chi connectivity index (χ0v) is 13.6. The Morgan fingerprint density at radius 1 is 1.20 bits per heavy atom. The largest absolute Gasteiger partial charge is 0.496 e. The standard InChI is InChI=1S/C14H15BrN2O2S/c1-18-12-6-11(15)13(19-2)5-9(12)8-20-10-3-4-14(16)17-7-10/h3-7H,8H2,1-2H3,(H2,16,17). The van der Waals surface area contributed by atoms with Gasteiger partial charge in [0.15, 0.2) is 0 Å². The van der Waals surface area contributed by atoms with E-state index in [9.17, 15) is 0 Å². The smallest absolute Gasteiger partial charge is 0.133 e. The van der Waals surface area contributed by atoms with Crippen LogP contribution in [0.25, 0.3) is 0 Å². The number of nitrogens with zero attached hydrogens (tertiary/aromatic N) is 1. The molecule has 0 saturated carbocycles. The molecule has 0 unspecified atom stereocenters. The Morgan fingerprint density at radius 2 is 1.95 bits per heavy atom. The van der Waals surface area contributed by atoms with E-state index in [4.69, 9.17) is 15.2 Å². The van der Waals surface area contributed by atoms with Gasteiger partial charge in [-0.2, -0.15) is 0 Å². The lowest BCUT2D eigenvalue weighted by molar-refractivity contribution is 0.398. The molecule has 2 N–H and O–H groups in total. The van der Waals surface area contributed by atoms with Crippen molar-refractivity contribution in [2.75, 3.05) is 20.0 Å². The SMILES string of the molecule is COc1cc(CSc2ccc(N)nc2)c(OC)cc1Br. The average molecular weight is 355 g/mol. The highest BCUT2D eigenvalue weighted by molar-refractivity contribution is 9.10. The summed E-state index contributed by atoms with van der Waals surface area (Å²) in [5.41, 5.74) is 6.64. The maximum absolute atomic E-state index is 5.57. The van der Waals surface area contributed by atoms with Gasteiger partial charge in [-0.05, 0) is 40.2 Å². The zero-order valence-electron chi connectivity index (χ0n) is 11.2. The monoisotopic (exact) mass is 354 g/mol. The Kier molecular flexibility index (Phi) is 5.14. The third-order valence-electron chi connectivity index (χ3n) is 2.71. The number of thioether (sulfide) groups is 1. The Balaban J connectivity index is 2.17. The second kappa shape index (κ2) is 6.85. The second-order valence-corrected chi connectivity index (χ2v) is 5.91. The van der Waals surface area contributed by atoms with Crippen molar-refractivity contribution in [3.05, 3.63) is 40.5 Å². The van der Waals surface area contributed by atoms with E-state index in [1.54, 1.807) is 38.2 Å². The molecule has 0 saturated heterocycles. The molecule has 0 fully saturated rings. The highest BCUT2D eigenvalue weighted by Crippen LogP contribution is 2.35. The summed E-state index contributed by atoms with van der Waals surface area (Å²) in [5, 5.41) is 0. The van der Waals surface area contributed by atoms with Crippen molar-refractivity contribution in [2.24, 2.45) is 0 Å². The number of pyridine rings is 1. The molecule has 2 aromatic rings. The lowest BCUT2D eigenvalue weighted by atomic mass is 10.2. The Bertz CT molecular complexity index is 590. The van der Waals surface area contributed by atoms with Crippen molar-refractivity contribution < 1.29 is 9.47 Å². The average Bonchev–Trinajstić information content (AvgIpc) is 2.47. The topological polar surface area (TPSA) is 57.4 Å². The summed E-state index contributed by atoms with van der Waals surface area (Å²) in [5.74, 6) is 2.90. The predicted molar refractivity (Wildman–Crippen MR) is 85.5 cm³/mol. The van der Waals surface area contributed by atoms with E-state index in [0.717, 1.165) is 32.2 Å². The van der Waals surface area contributed by atoms with Gasteiger partial charge >= 0.3 is 0 Å². The van der Waals surface area contributed by atoms with Gasteiger partial charge < -0.3 is 15.2 Å². The fraction of sp³-hybridized carbons (Fsp3) is 0.214. The molecule has 0 atom stereocenters. The highest BCUT2D eigenvalue weighted by Gasteiger charge is 2.10. The maximum atomic E-state index is 5.57. The van der Waals surface area contributed by atoms with Crippen LogP contribution in [0, 0.1) is 0 Å². The van der Waals surface area contributed by atoms with Crippen LogP contribution >= 0.6 is 27.7 Å². The summed E-state index contributed by atoms with van der Waals surface area (Å²) in [6.45, 7) is 0. The lowest BCUT2D eigenvalue weighted by Gasteiger charge is -2.12. The van der Waals surface area contributed by atoms with Crippen LogP contribution < -0.4 is 15.2 Å². The minimum absolute atomic E-state index is 0.525. The lowest BCUT2D eigenvalue weighted by Crippen LogP contribution is -1.94. The first-order valence-corrected chi connectivity index (χ1v) is 7.66. The predicted octanol–water partition coefficient (Wildman–Crippen LogP) is 3.74. The fourth-order valence-electron chi connectivity index (χ4n) is 1.67. The van der Waals surface area contributed by atoms with Gasteiger partial charge in [0.2, 0.25) is 0 Å². The number of ether oxygens (including phenoxy) is 2. The summed E-state index contributed by atoms with van der Waals surface area (Å²) in [4.78, 5) is 5.13. The molecule has 4 nitrogen and oxygen atoms in total. The van der Waals surface area contributed by atoms with Gasteiger partial charge in [0.25, 0.3) is 0 Å². The Labute approximate surface area is 130 Å². The van der Waals surface area contributed by atoms with Gasteiger partial charge in [-0.25, -0.2) is 4.98 Å². The van der Waals surface area contributed by atoms with Gasteiger partial charge in [-0.15, -0.1) is 11.8 Å². The number of hydrogen-bond donors (Lipinski definition) is 1. The first-order valence-electron chi connectivity index (χ1n) is 5.88. The molecule has 1 aromatic carbocycles. The zero-order chi connectivity index (χ0) is 14.5. The van der Waals surface area contributed by atoms with Crippen LogP contribution in [0.15, 0.2) is 39.8 Å². The molecule has 0 amide bonds. The molecule has 1 aromatic heterocycles. The third kappa shape index (κ3) is 3.58. The molecular weight excluding hydrogens is 340 g/mol. The van der Waals surface area contributed by atoms with E-state index in [-0.39, 0.29) is 0 Å². The van der Waals surface area contributed by atoms with Crippen molar-refractivity contribution in [3.63, 3.8) is 0 Å². The van der Waals surface area contributed by atoms with Crippen molar-refractivity contribution >= 4 is 33.5 Å². The number of aromatic nitrogens is 1. The van der Waals surface area contributed by atoms with Crippen LogP contribution in [0.5, 0.6) is 11.5 Å². The van der Waals surface area contributed by atoms with E-state index < -0.39 is 0 Å². The minimum Gasteiger partial charge on any atom is -0.496 e. The molecule has 6 heteroatoms. The molecule has 0 radical (unpaired) electrons. The molecule has 20 heavy (non-hydrogen) atoms. The van der Waals surface area contributed by atoms with Gasteiger partial charge in [0, 0.05) is 22.4 Å². The van der Waals surface area contributed by atoms with Crippen LogP contribution in [-0.2, 0) is 5.75 Å². The summed E-state index contributed by atoms with van der Waals surface area (Å²) in [6.07, 6.45) is 1.77. The highest BCUT2D eigenvalue weighted by atomic mass is 79.9. The van der Waals surface area contributed by atoms with Crippen molar-refractivity contribution in [1.82, 2.24) is 4.98 Å². The maximum Gasteiger partial charge on any atom is 0.133 e. The van der Waals surface area contributed by atoms with E-state index in [2.05, 4.69) is 20.9 Å². The summed E-state index contributed by atoms with van der Waals surface area (Å²) in [6, 6.07) is 7.63.